The molecule has 0 aliphatic carbocycles. The molecule has 0 aromatic heterocycles. The van der Waals surface area contributed by atoms with Gasteiger partial charge >= 0.3 is 0 Å². The Hall–Kier alpha value is -1.63. The van der Waals surface area contributed by atoms with Gasteiger partial charge in [0, 0.05) is 21.1 Å². The predicted octanol–water partition coefficient (Wildman–Crippen LogP) is -2.47. The van der Waals surface area contributed by atoms with E-state index in [9.17, 15) is 14.4 Å². The number of carbonyl (C=O) groups is 3. The first-order valence-corrected chi connectivity index (χ1v) is 4.87. The molecule has 0 aromatic rings. The van der Waals surface area contributed by atoms with Gasteiger partial charge in [-0.25, -0.2) is 0 Å². The summed E-state index contributed by atoms with van der Waals surface area (Å²) in [6.07, 6.45) is 0. The fourth-order valence-corrected chi connectivity index (χ4v) is 1.01. The molecule has 0 bridgehead atoms. The molecule has 0 rings (SSSR count). The Balaban J connectivity index is 4.31. The second-order valence-electron chi connectivity index (χ2n) is 3.16. The molecule has 0 atom stereocenters. The fraction of sp³-hybridized carbons (Fsp3) is 0.667. The van der Waals surface area contributed by atoms with Crippen LogP contribution < -0.4 is 16.0 Å². The fourth-order valence-electron chi connectivity index (χ4n) is 1.01. The third-order valence-corrected chi connectivity index (χ3v) is 1.94. The maximum Gasteiger partial charge on any atom is 0.233 e. The first-order chi connectivity index (χ1) is 7.53. The molecular weight excluding hydrogens is 212 g/mol. The maximum absolute atomic E-state index is 11.1. The summed E-state index contributed by atoms with van der Waals surface area (Å²) < 4.78 is 0. The number of carbonyl (C=O) groups excluding carboxylic acids is 3. The van der Waals surface area contributed by atoms with Crippen LogP contribution in [-0.4, -0.2) is 63.4 Å². The Morgan fingerprint density at radius 1 is 0.750 bits per heavy atom. The molecule has 0 aliphatic rings. The summed E-state index contributed by atoms with van der Waals surface area (Å²) in [6.45, 7) is 0.0337. The van der Waals surface area contributed by atoms with Crippen LogP contribution in [0.2, 0.25) is 0 Å². The van der Waals surface area contributed by atoms with Crippen LogP contribution in [0, 0.1) is 0 Å². The van der Waals surface area contributed by atoms with E-state index in [1.165, 1.54) is 26.0 Å². The average Bonchev–Trinajstić information content (AvgIpc) is 2.28. The summed E-state index contributed by atoms with van der Waals surface area (Å²) in [5.74, 6) is -0.728. The molecule has 0 saturated heterocycles. The summed E-state index contributed by atoms with van der Waals surface area (Å²) in [5, 5.41) is 7.30. The van der Waals surface area contributed by atoms with Gasteiger partial charge in [-0.05, 0) is 0 Å². The van der Waals surface area contributed by atoms with Gasteiger partial charge in [-0.3, -0.25) is 19.3 Å². The van der Waals surface area contributed by atoms with E-state index >= 15 is 0 Å². The molecule has 7 nitrogen and oxygen atoms in total. The minimum atomic E-state index is -0.243. The van der Waals surface area contributed by atoms with Crippen LogP contribution in [0.1, 0.15) is 0 Å². The third-order valence-electron chi connectivity index (χ3n) is 1.94. The van der Waals surface area contributed by atoms with Crippen molar-refractivity contribution in [2.45, 2.75) is 0 Å². The molecule has 0 fully saturated rings. The minimum absolute atomic E-state index is 0.0112. The molecule has 0 aliphatic heterocycles. The number of nitrogens with zero attached hydrogens (tertiary/aromatic N) is 1. The van der Waals surface area contributed by atoms with Crippen LogP contribution in [-0.2, 0) is 14.4 Å². The largest absolute Gasteiger partial charge is 0.358 e. The number of likely N-dealkylation sites (N-methyl/N-ethyl adjacent to an activating group) is 3. The molecule has 3 N–H and O–H groups in total. The Bertz CT molecular complexity index is 225. The van der Waals surface area contributed by atoms with E-state index in [0.29, 0.717) is 0 Å². The van der Waals surface area contributed by atoms with Gasteiger partial charge < -0.3 is 16.0 Å². The van der Waals surface area contributed by atoms with Crippen molar-refractivity contribution < 1.29 is 14.4 Å². The topological polar surface area (TPSA) is 90.5 Å². The lowest BCUT2D eigenvalue weighted by Crippen LogP contribution is -2.45. The van der Waals surface area contributed by atoms with Crippen molar-refractivity contribution in [1.29, 1.82) is 0 Å². The Kier molecular flexibility index (Phi) is 6.86. The van der Waals surface area contributed by atoms with Gasteiger partial charge in [0.1, 0.15) is 0 Å². The predicted molar refractivity (Wildman–Crippen MR) is 58.6 cm³/mol. The van der Waals surface area contributed by atoms with E-state index in [1.54, 1.807) is 0 Å². The average molecular weight is 230 g/mol. The standard InChI is InChI=1S/C9H18N4O3/c1-10-7(14)4-13(5-8(15)11-2)6-9(16)12-3/h4-6H2,1-3H3,(H,10,14)(H,11,15)(H,12,16). The van der Waals surface area contributed by atoms with Gasteiger partial charge in [0.05, 0.1) is 19.6 Å². The van der Waals surface area contributed by atoms with Crippen LogP contribution >= 0.6 is 0 Å². The molecule has 0 heterocycles. The summed E-state index contributed by atoms with van der Waals surface area (Å²) in [6, 6.07) is 0. The lowest BCUT2D eigenvalue weighted by molar-refractivity contribution is -0.127. The molecular formula is C9H18N4O3. The van der Waals surface area contributed by atoms with Gasteiger partial charge in [0.25, 0.3) is 0 Å². The molecule has 0 aromatic carbocycles. The lowest BCUT2D eigenvalue weighted by atomic mass is 10.4. The SMILES string of the molecule is CNC(=O)CN(CC(=O)NC)CC(=O)NC. The van der Waals surface area contributed by atoms with Gasteiger partial charge in [0.15, 0.2) is 0 Å². The summed E-state index contributed by atoms with van der Waals surface area (Å²) >= 11 is 0. The van der Waals surface area contributed by atoms with Gasteiger partial charge in [0.2, 0.25) is 17.7 Å². The van der Waals surface area contributed by atoms with Gasteiger partial charge in [-0.1, -0.05) is 0 Å². The monoisotopic (exact) mass is 230 g/mol. The Labute approximate surface area is 94.6 Å². The van der Waals surface area contributed by atoms with Crippen molar-refractivity contribution in [2.75, 3.05) is 40.8 Å². The Morgan fingerprint density at radius 2 is 1.00 bits per heavy atom. The smallest absolute Gasteiger partial charge is 0.233 e. The highest BCUT2D eigenvalue weighted by atomic mass is 16.2. The number of nitrogens with one attached hydrogen (secondary N) is 3. The van der Waals surface area contributed by atoms with Crippen molar-refractivity contribution >= 4 is 17.7 Å². The number of hydrogen-bond donors (Lipinski definition) is 3. The zero-order chi connectivity index (χ0) is 12.6. The second kappa shape index (κ2) is 7.63. The van der Waals surface area contributed by atoms with Crippen molar-refractivity contribution in [3.8, 4) is 0 Å². The molecule has 16 heavy (non-hydrogen) atoms. The second-order valence-corrected chi connectivity index (χ2v) is 3.16. The highest BCUT2D eigenvalue weighted by Gasteiger charge is 2.15. The zero-order valence-corrected chi connectivity index (χ0v) is 9.79. The molecule has 0 spiro atoms. The van der Waals surface area contributed by atoms with Crippen LogP contribution in [0.4, 0.5) is 0 Å². The summed E-state index contributed by atoms with van der Waals surface area (Å²) in [5.41, 5.74) is 0. The first kappa shape index (κ1) is 14.4. The quantitative estimate of drug-likeness (QED) is 0.471. The lowest BCUT2D eigenvalue weighted by Gasteiger charge is -2.19. The van der Waals surface area contributed by atoms with Crippen LogP contribution in [0.25, 0.3) is 0 Å². The molecule has 0 unspecified atom stereocenters. The third kappa shape index (κ3) is 5.97. The Morgan fingerprint density at radius 3 is 1.19 bits per heavy atom. The molecule has 0 saturated carbocycles. The normalized spacial score (nSPS) is 9.75. The molecule has 92 valence electrons. The summed E-state index contributed by atoms with van der Waals surface area (Å²) in [7, 11) is 4.50. The van der Waals surface area contributed by atoms with E-state index in [-0.39, 0.29) is 37.4 Å². The van der Waals surface area contributed by atoms with Crippen molar-refractivity contribution in [2.24, 2.45) is 0 Å². The van der Waals surface area contributed by atoms with Crippen LogP contribution in [0.5, 0.6) is 0 Å². The zero-order valence-electron chi connectivity index (χ0n) is 9.79. The van der Waals surface area contributed by atoms with E-state index in [1.807, 2.05) is 0 Å². The van der Waals surface area contributed by atoms with Crippen molar-refractivity contribution in [3.05, 3.63) is 0 Å². The van der Waals surface area contributed by atoms with E-state index in [0.717, 1.165) is 0 Å². The van der Waals surface area contributed by atoms with Gasteiger partial charge in [-0.15, -0.1) is 0 Å². The number of rotatable bonds is 6. The number of amides is 3. The van der Waals surface area contributed by atoms with E-state index in [4.69, 9.17) is 0 Å². The number of hydrogen-bond acceptors (Lipinski definition) is 4. The molecule has 7 heteroatoms. The van der Waals surface area contributed by atoms with E-state index in [2.05, 4.69) is 16.0 Å². The van der Waals surface area contributed by atoms with Crippen LogP contribution in [0.3, 0.4) is 0 Å². The maximum atomic E-state index is 11.1. The highest BCUT2D eigenvalue weighted by Crippen LogP contribution is 1.88. The molecule has 0 radical (unpaired) electrons. The van der Waals surface area contributed by atoms with Crippen molar-refractivity contribution in [3.63, 3.8) is 0 Å². The minimum Gasteiger partial charge on any atom is -0.358 e. The van der Waals surface area contributed by atoms with E-state index < -0.39 is 0 Å². The van der Waals surface area contributed by atoms with Gasteiger partial charge in [-0.2, -0.15) is 0 Å². The summed E-state index contributed by atoms with van der Waals surface area (Å²) in [4.78, 5) is 34.9. The van der Waals surface area contributed by atoms with Crippen molar-refractivity contribution in [1.82, 2.24) is 20.9 Å². The van der Waals surface area contributed by atoms with Crippen LogP contribution in [0.15, 0.2) is 0 Å². The highest BCUT2D eigenvalue weighted by molar-refractivity contribution is 5.83. The molecule has 3 amide bonds. The first-order valence-electron chi connectivity index (χ1n) is 4.87.